The van der Waals surface area contributed by atoms with Crippen LogP contribution in [0.2, 0.25) is 0 Å². The van der Waals surface area contributed by atoms with Gasteiger partial charge in [-0.15, -0.1) is 0 Å². The van der Waals surface area contributed by atoms with Gasteiger partial charge < -0.3 is 5.48 Å². The molecule has 44 valence electrons. The van der Waals surface area contributed by atoms with Gasteiger partial charge in [0.15, 0.2) is 0 Å². The molecule has 7 heavy (non-hydrogen) atoms. The summed E-state index contributed by atoms with van der Waals surface area (Å²) in [7, 11) is -4.67. The molecule has 0 aliphatic heterocycles. The summed E-state index contributed by atoms with van der Waals surface area (Å²) < 4.78 is 31.6. The molecule has 0 heterocycles. The average molecular weight is 255 g/mol. The zero-order chi connectivity index (χ0) is 4.50. The molecule has 4 N–H and O–H groups in total. The predicted octanol–water partition coefficient (Wildman–Crippen LogP) is -2.39. The van der Waals surface area contributed by atoms with E-state index in [4.69, 9.17) is 17.5 Å². The van der Waals surface area contributed by atoms with Crippen LogP contribution in [-0.2, 0) is 10.4 Å². The van der Waals surface area contributed by atoms with Crippen LogP contribution in [0.5, 0.6) is 0 Å². The van der Waals surface area contributed by atoms with Crippen LogP contribution >= 0.6 is 0 Å². The molecule has 0 aromatic carbocycles. The van der Waals surface area contributed by atoms with E-state index in [2.05, 4.69) is 0 Å². The molecule has 0 bridgehead atoms. The summed E-state index contributed by atoms with van der Waals surface area (Å²) in [5.41, 5.74) is 0. The third kappa shape index (κ3) is 110. The van der Waals surface area contributed by atoms with Gasteiger partial charge in [-0.1, -0.05) is 0 Å². The van der Waals surface area contributed by atoms with Crippen molar-refractivity contribution in [2.24, 2.45) is 0 Å². The van der Waals surface area contributed by atoms with Crippen molar-refractivity contribution in [3.05, 3.63) is 0 Å². The van der Waals surface area contributed by atoms with Crippen LogP contribution in [-0.4, -0.2) is 71.9 Å². The second-order valence-corrected chi connectivity index (χ2v) is 1.34. The van der Waals surface area contributed by atoms with E-state index in [-0.39, 0.29) is 54.4 Å². The normalized spacial score (nSPS) is 8.29. The molecule has 0 unspecified atom stereocenters. The molecule has 0 fully saturated rings. The molecule has 0 aliphatic rings. The zero-order valence-electron chi connectivity index (χ0n) is 2.62. The minimum atomic E-state index is -4.67. The Morgan fingerprint density at radius 3 is 1.14 bits per heavy atom. The Bertz CT molecular complexity index is 91.2. The number of hydrogen-bond acceptors (Lipinski definition) is 2. The summed E-state index contributed by atoms with van der Waals surface area (Å²) in [6.45, 7) is 0. The quantitative estimate of drug-likeness (QED) is 0.372. The molecular weight excluding hydrogens is 249 g/mol. The number of rotatable bonds is 0. The summed E-state index contributed by atoms with van der Waals surface area (Å²) >= 11 is 0. The van der Waals surface area contributed by atoms with Crippen LogP contribution in [0.4, 0.5) is 0 Å². The van der Waals surface area contributed by atoms with Crippen molar-refractivity contribution in [3.8, 4) is 0 Å². The SMILES string of the molecule is O.O=S(=O)(O)O.[BaH2]. The Kier molecular flexibility index (Phi) is 12.5. The van der Waals surface area contributed by atoms with E-state index >= 15 is 0 Å². The fourth-order valence-corrected chi connectivity index (χ4v) is 0. The van der Waals surface area contributed by atoms with Gasteiger partial charge in [0.1, 0.15) is 0 Å². The molecule has 0 saturated carbocycles. The predicted molar refractivity (Wildman–Crippen MR) is 26.3 cm³/mol. The first kappa shape index (κ1) is 15.8. The molecular formula is H6BaO5S. The van der Waals surface area contributed by atoms with E-state index < -0.39 is 10.4 Å². The third-order valence-electron chi connectivity index (χ3n) is 0. The first-order valence-electron chi connectivity index (χ1n) is 0.698. The zero-order valence-corrected chi connectivity index (χ0v) is 3.44. The van der Waals surface area contributed by atoms with Crippen LogP contribution in [0.3, 0.4) is 0 Å². The Morgan fingerprint density at radius 1 is 1.14 bits per heavy atom. The molecule has 7 heteroatoms. The monoisotopic (exact) mass is 256 g/mol. The van der Waals surface area contributed by atoms with Crippen LogP contribution in [0, 0.1) is 0 Å². The topological polar surface area (TPSA) is 106 Å². The molecule has 0 rings (SSSR count). The van der Waals surface area contributed by atoms with E-state index in [0.29, 0.717) is 0 Å². The summed E-state index contributed by atoms with van der Waals surface area (Å²) in [6.07, 6.45) is 0. The van der Waals surface area contributed by atoms with E-state index in [0.717, 1.165) is 0 Å². The molecule has 0 radical (unpaired) electrons. The van der Waals surface area contributed by atoms with Gasteiger partial charge in [0.05, 0.1) is 0 Å². The Morgan fingerprint density at radius 2 is 1.14 bits per heavy atom. The second kappa shape index (κ2) is 5.54. The fourth-order valence-electron chi connectivity index (χ4n) is 0. The van der Waals surface area contributed by atoms with E-state index in [1.807, 2.05) is 0 Å². The summed E-state index contributed by atoms with van der Waals surface area (Å²) in [6, 6.07) is 0. The molecule has 5 nitrogen and oxygen atoms in total. The van der Waals surface area contributed by atoms with E-state index in [1.54, 1.807) is 0 Å². The Labute approximate surface area is 81.1 Å². The van der Waals surface area contributed by atoms with Gasteiger partial charge in [-0.05, 0) is 0 Å². The molecule has 0 amide bonds. The molecule has 0 aromatic rings. The maximum absolute atomic E-state index is 8.74. The summed E-state index contributed by atoms with van der Waals surface area (Å²) in [4.78, 5) is 0. The second-order valence-electron chi connectivity index (χ2n) is 0.448. The van der Waals surface area contributed by atoms with Crippen molar-refractivity contribution < 1.29 is 23.0 Å². The van der Waals surface area contributed by atoms with Crippen LogP contribution in [0.1, 0.15) is 0 Å². The molecule has 0 saturated heterocycles. The Balaban J connectivity index is -0.0000000800. The van der Waals surface area contributed by atoms with Gasteiger partial charge in [0, 0.05) is 0 Å². The van der Waals surface area contributed by atoms with E-state index in [9.17, 15) is 0 Å². The van der Waals surface area contributed by atoms with Crippen LogP contribution < -0.4 is 0 Å². The van der Waals surface area contributed by atoms with Crippen molar-refractivity contribution in [1.29, 1.82) is 0 Å². The molecule has 0 aliphatic carbocycles. The van der Waals surface area contributed by atoms with Gasteiger partial charge in [0.25, 0.3) is 0 Å². The van der Waals surface area contributed by atoms with E-state index in [1.165, 1.54) is 0 Å². The van der Waals surface area contributed by atoms with Gasteiger partial charge in [-0.25, -0.2) is 0 Å². The van der Waals surface area contributed by atoms with Crippen molar-refractivity contribution in [3.63, 3.8) is 0 Å². The van der Waals surface area contributed by atoms with Crippen molar-refractivity contribution in [2.45, 2.75) is 0 Å². The molecule has 0 aromatic heterocycles. The van der Waals surface area contributed by atoms with Crippen molar-refractivity contribution >= 4 is 59.3 Å². The van der Waals surface area contributed by atoms with Gasteiger partial charge in [-0.3, -0.25) is 9.11 Å². The van der Waals surface area contributed by atoms with Crippen LogP contribution in [0.15, 0.2) is 0 Å². The van der Waals surface area contributed by atoms with Crippen molar-refractivity contribution in [1.82, 2.24) is 0 Å². The standard InChI is InChI=1S/Ba.H2O4S.H2O.2H/c;1-5(2,3)4;;;/h;(H2,1,2,3,4);1H2;;. The molecule has 0 spiro atoms. The minimum absolute atomic E-state index is 0. The summed E-state index contributed by atoms with van der Waals surface area (Å²) in [5.74, 6) is 0. The average Bonchev–Trinajstić information content (AvgIpc) is 0.722. The van der Waals surface area contributed by atoms with Gasteiger partial charge in [-0.2, -0.15) is 8.42 Å². The Hall–Kier alpha value is 1.40. The number of hydrogen-bond donors (Lipinski definition) is 2. The first-order valence-corrected chi connectivity index (χ1v) is 2.10. The maximum atomic E-state index is 8.74. The van der Waals surface area contributed by atoms with Crippen LogP contribution in [0.25, 0.3) is 0 Å². The van der Waals surface area contributed by atoms with Gasteiger partial charge >= 0.3 is 59.3 Å². The fraction of sp³-hybridized carbons (Fsp3) is 0. The summed E-state index contributed by atoms with van der Waals surface area (Å²) in [5, 5.41) is 0. The molecule has 0 atom stereocenters. The van der Waals surface area contributed by atoms with Crippen molar-refractivity contribution in [2.75, 3.05) is 0 Å². The first-order chi connectivity index (χ1) is 2.00. The third-order valence-corrected chi connectivity index (χ3v) is 0. The van der Waals surface area contributed by atoms with Gasteiger partial charge in [0.2, 0.25) is 0 Å².